The van der Waals surface area contributed by atoms with Crippen molar-refractivity contribution in [1.82, 2.24) is 5.32 Å². The number of unbranched alkanes of at least 4 members (excludes halogenated alkanes) is 1. The molecule has 0 radical (unpaired) electrons. The second kappa shape index (κ2) is 6.71. The third-order valence-electron chi connectivity index (χ3n) is 1.45. The van der Waals surface area contributed by atoms with Gasteiger partial charge in [-0.1, -0.05) is 13.3 Å². The van der Waals surface area contributed by atoms with E-state index in [1.54, 1.807) is 0 Å². The van der Waals surface area contributed by atoms with Crippen LogP contribution in [0, 0.1) is 0 Å². The van der Waals surface area contributed by atoms with Crippen LogP contribution in [0.15, 0.2) is 0 Å². The first kappa shape index (κ1) is 11.0. The van der Waals surface area contributed by atoms with Gasteiger partial charge in [0, 0.05) is 0 Å². The fourth-order valence-corrected chi connectivity index (χ4v) is 1.42. The SMILES string of the molecule is CCCCNC(C)C[P+](=O)O. The number of hydrogen-bond acceptors (Lipinski definition) is 2. The lowest BCUT2D eigenvalue weighted by Crippen LogP contribution is -2.28. The molecule has 11 heavy (non-hydrogen) atoms. The van der Waals surface area contributed by atoms with Crippen LogP contribution in [-0.4, -0.2) is 23.6 Å². The van der Waals surface area contributed by atoms with E-state index >= 15 is 0 Å². The van der Waals surface area contributed by atoms with E-state index in [-0.39, 0.29) is 6.04 Å². The Morgan fingerprint density at radius 3 is 2.73 bits per heavy atom. The molecule has 0 aromatic heterocycles. The van der Waals surface area contributed by atoms with Gasteiger partial charge in [-0.2, -0.15) is 4.89 Å². The third-order valence-corrected chi connectivity index (χ3v) is 2.31. The molecule has 4 heteroatoms. The van der Waals surface area contributed by atoms with Gasteiger partial charge in [0.2, 0.25) is 0 Å². The molecule has 0 spiro atoms. The molecular weight excluding hydrogens is 161 g/mol. The predicted octanol–water partition coefficient (Wildman–Crippen LogP) is 1.50. The second-order valence-corrected chi connectivity index (χ2v) is 3.81. The summed E-state index contributed by atoms with van der Waals surface area (Å²) in [5, 5.41) is 3.17. The minimum atomic E-state index is -1.97. The highest BCUT2D eigenvalue weighted by Gasteiger charge is 2.15. The Labute approximate surface area is 69.1 Å². The molecule has 0 aromatic carbocycles. The normalized spacial score (nSPS) is 14.6. The van der Waals surface area contributed by atoms with Crippen molar-refractivity contribution in [3.05, 3.63) is 0 Å². The van der Waals surface area contributed by atoms with E-state index in [9.17, 15) is 4.57 Å². The summed E-state index contributed by atoms with van der Waals surface area (Å²) >= 11 is 0. The fraction of sp³-hybridized carbons (Fsp3) is 1.00. The topological polar surface area (TPSA) is 49.3 Å². The van der Waals surface area contributed by atoms with Gasteiger partial charge in [0.15, 0.2) is 6.16 Å². The molecule has 0 aliphatic rings. The molecule has 0 heterocycles. The lowest BCUT2D eigenvalue weighted by atomic mass is 10.3. The van der Waals surface area contributed by atoms with E-state index in [4.69, 9.17) is 4.89 Å². The zero-order chi connectivity index (χ0) is 8.69. The van der Waals surface area contributed by atoms with Crippen LogP contribution in [0.1, 0.15) is 26.7 Å². The molecule has 0 rings (SSSR count). The van der Waals surface area contributed by atoms with Gasteiger partial charge in [-0.3, -0.25) is 0 Å². The van der Waals surface area contributed by atoms with Gasteiger partial charge in [-0.05, 0) is 24.5 Å². The van der Waals surface area contributed by atoms with Gasteiger partial charge in [0.05, 0.1) is 6.04 Å². The summed E-state index contributed by atoms with van der Waals surface area (Å²) in [4.78, 5) is 8.55. The third kappa shape index (κ3) is 7.92. The Morgan fingerprint density at radius 2 is 2.27 bits per heavy atom. The summed E-state index contributed by atoms with van der Waals surface area (Å²) in [6.45, 7) is 5.00. The standard InChI is InChI=1S/C7H16NO2P/c1-3-4-5-8-7(2)6-11(9)10/h7-8H,3-6H2,1-2H3/p+1. The van der Waals surface area contributed by atoms with Crippen molar-refractivity contribution in [3.8, 4) is 0 Å². The first-order valence-electron chi connectivity index (χ1n) is 4.03. The quantitative estimate of drug-likeness (QED) is 0.478. The number of rotatable bonds is 6. The molecule has 0 fully saturated rings. The molecule has 0 bridgehead atoms. The first-order valence-corrected chi connectivity index (χ1v) is 5.43. The van der Waals surface area contributed by atoms with Crippen molar-refractivity contribution >= 4 is 8.03 Å². The largest absolute Gasteiger partial charge is 0.507 e. The van der Waals surface area contributed by atoms with Crippen molar-refractivity contribution in [3.63, 3.8) is 0 Å². The predicted molar refractivity (Wildman–Crippen MR) is 47.1 cm³/mol. The average Bonchev–Trinajstić information content (AvgIpc) is 1.86. The summed E-state index contributed by atoms with van der Waals surface area (Å²) < 4.78 is 10.4. The summed E-state index contributed by atoms with van der Waals surface area (Å²) in [7, 11) is -1.97. The maximum absolute atomic E-state index is 10.4. The number of nitrogens with one attached hydrogen (secondary N) is 1. The van der Waals surface area contributed by atoms with Crippen molar-refractivity contribution < 1.29 is 9.46 Å². The highest BCUT2D eigenvalue weighted by Crippen LogP contribution is 2.13. The smallest absolute Gasteiger partial charge is 0.310 e. The summed E-state index contributed by atoms with van der Waals surface area (Å²) in [6.07, 6.45) is 2.65. The summed E-state index contributed by atoms with van der Waals surface area (Å²) in [5.41, 5.74) is 0. The molecule has 66 valence electrons. The van der Waals surface area contributed by atoms with E-state index < -0.39 is 8.03 Å². The van der Waals surface area contributed by atoms with Crippen LogP contribution in [0.5, 0.6) is 0 Å². The highest BCUT2D eigenvalue weighted by atomic mass is 31.1. The van der Waals surface area contributed by atoms with Crippen molar-refractivity contribution in [2.45, 2.75) is 32.7 Å². The van der Waals surface area contributed by atoms with Crippen LogP contribution in [-0.2, 0) is 4.57 Å². The van der Waals surface area contributed by atoms with Gasteiger partial charge in [0.25, 0.3) is 0 Å². The Hall–Kier alpha value is 0.0200. The van der Waals surface area contributed by atoms with E-state index in [0.29, 0.717) is 6.16 Å². The van der Waals surface area contributed by atoms with E-state index in [1.165, 1.54) is 0 Å². The molecular formula is C7H17NO2P+. The van der Waals surface area contributed by atoms with Gasteiger partial charge >= 0.3 is 8.03 Å². The van der Waals surface area contributed by atoms with Crippen LogP contribution in [0.25, 0.3) is 0 Å². The Bertz CT molecular complexity index is 119. The maximum Gasteiger partial charge on any atom is 0.507 e. The minimum Gasteiger partial charge on any atom is -0.310 e. The van der Waals surface area contributed by atoms with E-state index in [0.717, 1.165) is 19.4 Å². The van der Waals surface area contributed by atoms with Crippen LogP contribution >= 0.6 is 8.03 Å². The Kier molecular flexibility index (Phi) is 6.73. The first-order chi connectivity index (χ1) is 5.16. The highest BCUT2D eigenvalue weighted by molar-refractivity contribution is 7.38. The van der Waals surface area contributed by atoms with E-state index in [2.05, 4.69) is 12.2 Å². The molecule has 0 saturated carbocycles. The second-order valence-electron chi connectivity index (χ2n) is 2.74. The molecule has 3 nitrogen and oxygen atoms in total. The number of hydrogen-bond donors (Lipinski definition) is 2. The molecule has 0 aliphatic heterocycles. The van der Waals surface area contributed by atoms with Crippen LogP contribution < -0.4 is 5.32 Å². The molecule has 0 amide bonds. The Balaban J connectivity index is 3.22. The molecule has 0 saturated heterocycles. The summed E-state index contributed by atoms with van der Waals surface area (Å²) in [5.74, 6) is 0. The lowest BCUT2D eigenvalue weighted by Gasteiger charge is -2.05. The van der Waals surface area contributed by atoms with Crippen LogP contribution in [0.4, 0.5) is 0 Å². The van der Waals surface area contributed by atoms with Crippen LogP contribution in [0.2, 0.25) is 0 Å². The monoisotopic (exact) mass is 178 g/mol. The molecule has 2 N–H and O–H groups in total. The maximum atomic E-state index is 10.4. The van der Waals surface area contributed by atoms with Crippen molar-refractivity contribution in [2.75, 3.05) is 12.7 Å². The minimum absolute atomic E-state index is 0.162. The summed E-state index contributed by atoms with van der Waals surface area (Å²) in [6, 6.07) is 0.162. The Morgan fingerprint density at radius 1 is 1.64 bits per heavy atom. The van der Waals surface area contributed by atoms with Crippen molar-refractivity contribution in [2.24, 2.45) is 0 Å². The van der Waals surface area contributed by atoms with Crippen molar-refractivity contribution in [1.29, 1.82) is 0 Å². The van der Waals surface area contributed by atoms with E-state index in [1.807, 2.05) is 6.92 Å². The molecule has 0 aliphatic carbocycles. The fourth-order valence-electron chi connectivity index (χ4n) is 0.824. The zero-order valence-corrected chi connectivity index (χ0v) is 8.10. The van der Waals surface area contributed by atoms with Gasteiger partial charge in [0.1, 0.15) is 0 Å². The molecule has 2 atom stereocenters. The zero-order valence-electron chi connectivity index (χ0n) is 7.21. The van der Waals surface area contributed by atoms with Gasteiger partial charge < -0.3 is 5.32 Å². The van der Waals surface area contributed by atoms with Crippen LogP contribution in [0.3, 0.4) is 0 Å². The lowest BCUT2D eigenvalue weighted by molar-refractivity contribution is 0.486. The average molecular weight is 178 g/mol. The van der Waals surface area contributed by atoms with Gasteiger partial charge in [-0.25, -0.2) is 0 Å². The molecule has 0 aromatic rings. The molecule has 2 unspecified atom stereocenters. The van der Waals surface area contributed by atoms with Gasteiger partial charge in [-0.15, -0.1) is 0 Å².